The summed E-state index contributed by atoms with van der Waals surface area (Å²) in [6, 6.07) is 0. The highest BCUT2D eigenvalue weighted by molar-refractivity contribution is 6.64. The third kappa shape index (κ3) is 4.56. The second kappa shape index (κ2) is 7.26. The molecule has 0 heterocycles. The summed E-state index contributed by atoms with van der Waals surface area (Å²) in [7, 11) is 3.42. The van der Waals surface area contributed by atoms with Crippen molar-refractivity contribution in [3.05, 3.63) is 12.4 Å². The molecule has 0 aromatic heterocycles. The summed E-state index contributed by atoms with van der Waals surface area (Å²) in [5, 5.41) is 10.8. The van der Waals surface area contributed by atoms with Gasteiger partial charge in [-0.25, -0.2) is 0 Å². The molecule has 1 saturated carbocycles. The summed E-state index contributed by atoms with van der Waals surface area (Å²) in [6.07, 6.45) is 7.65. The lowest BCUT2D eigenvalue weighted by molar-refractivity contribution is 0.335. The van der Waals surface area contributed by atoms with Gasteiger partial charge in [-0.15, -0.1) is 0 Å². The highest BCUT2D eigenvalue weighted by Crippen LogP contribution is 2.27. The van der Waals surface area contributed by atoms with E-state index in [4.69, 9.17) is 11.6 Å². The molecule has 0 aromatic carbocycles. The molecule has 0 radical (unpaired) electrons. The van der Waals surface area contributed by atoms with E-state index in [1.54, 1.807) is 14.1 Å². The number of hydrogen-bond acceptors (Lipinski definition) is 4. The molecule has 1 rings (SSSR count). The van der Waals surface area contributed by atoms with Gasteiger partial charge in [0.15, 0.2) is 5.29 Å². The Labute approximate surface area is 114 Å². The first kappa shape index (κ1) is 14.8. The van der Waals surface area contributed by atoms with E-state index in [1.807, 2.05) is 6.21 Å². The van der Waals surface area contributed by atoms with E-state index >= 15 is 0 Å². The minimum atomic E-state index is -0.143. The van der Waals surface area contributed by atoms with Gasteiger partial charge in [0.25, 0.3) is 0 Å². The van der Waals surface area contributed by atoms with Gasteiger partial charge >= 0.3 is 0 Å². The van der Waals surface area contributed by atoms with E-state index in [9.17, 15) is 0 Å². The van der Waals surface area contributed by atoms with Gasteiger partial charge in [0.05, 0.1) is 11.4 Å². The van der Waals surface area contributed by atoms with Crippen LogP contribution in [0.5, 0.6) is 0 Å². The Morgan fingerprint density at radius 3 is 2.56 bits per heavy atom. The van der Waals surface area contributed by atoms with Gasteiger partial charge < -0.3 is 16.1 Å². The normalized spacial score (nSPS) is 19.6. The molecule has 18 heavy (non-hydrogen) atoms. The lowest BCUT2D eigenvalue weighted by atomic mass is 9.82. The summed E-state index contributed by atoms with van der Waals surface area (Å²) in [5.41, 5.74) is 2.65. The molecule has 3 N–H and O–H groups in total. The van der Waals surface area contributed by atoms with Crippen molar-refractivity contribution < 1.29 is 0 Å². The average Bonchev–Trinajstić information content (AvgIpc) is 2.37. The van der Waals surface area contributed by atoms with Crippen molar-refractivity contribution in [1.29, 1.82) is 0 Å². The molecule has 6 heteroatoms. The molecule has 102 valence electrons. The van der Waals surface area contributed by atoms with Gasteiger partial charge in [0.1, 0.15) is 0 Å². The minimum absolute atomic E-state index is 0.143. The van der Waals surface area contributed by atoms with Crippen molar-refractivity contribution in [3.63, 3.8) is 0 Å². The van der Waals surface area contributed by atoms with Crippen LogP contribution in [0.3, 0.4) is 0 Å². The Hall–Kier alpha value is -1.23. The third-order valence-corrected chi connectivity index (χ3v) is 3.30. The number of hydrogen-bond donors (Lipinski definition) is 3. The first-order chi connectivity index (χ1) is 8.62. The first-order valence-corrected chi connectivity index (χ1v) is 6.57. The monoisotopic (exact) mass is 271 g/mol. The molecule has 1 aliphatic rings. The maximum absolute atomic E-state index is 5.82. The number of rotatable bonds is 5. The van der Waals surface area contributed by atoms with Crippen molar-refractivity contribution >= 4 is 23.1 Å². The summed E-state index contributed by atoms with van der Waals surface area (Å²) in [5.74, 6) is 0.648. The zero-order chi connectivity index (χ0) is 13.4. The van der Waals surface area contributed by atoms with Crippen LogP contribution in [0.4, 0.5) is 0 Å². The SMILES string of the molecule is C=C(NC(Cl)=NC)NC1(/C=N\NC)CCCCC1. The third-order valence-electron chi connectivity index (χ3n) is 3.04. The summed E-state index contributed by atoms with van der Waals surface area (Å²) >= 11 is 5.82. The number of halogens is 1. The van der Waals surface area contributed by atoms with E-state index in [1.165, 1.54) is 19.3 Å². The number of amidine groups is 1. The molecule has 5 nitrogen and oxygen atoms in total. The van der Waals surface area contributed by atoms with Crippen LogP contribution in [0, 0.1) is 0 Å². The molecule has 0 aromatic rings. The van der Waals surface area contributed by atoms with Gasteiger partial charge in [-0.1, -0.05) is 25.8 Å². The molecule has 0 atom stereocenters. The lowest BCUT2D eigenvalue weighted by Crippen LogP contribution is -2.50. The first-order valence-electron chi connectivity index (χ1n) is 6.19. The maximum atomic E-state index is 5.82. The fraction of sp³-hybridized carbons (Fsp3) is 0.667. The van der Waals surface area contributed by atoms with E-state index in [0.717, 1.165) is 12.8 Å². The second-order valence-electron chi connectivity index (χ2n) is 4.44. The van der Waals surface area contributed by atoms with Crippen LogP contribution >= 0.6 is 11.6 Å². The molecule has 0 amide bonds. The predicted molar refractivity (Wildman–Crippen MR) is 78.0 cm³/mol. The predicted octanol–water partition coefficient (Wildman–Crippen LogP) is 1.77. The molecular formula is C12H22ClN5. The van der Waals surface area contributed by atoms with Crippen LogP contribution in [-0.4, -0.2) is 31.1 Å². The fourth-order valence-corrected chi connectivity index (χ4v) is 2.28. The zero-order valence-electron chi connectivity index (χ0n) is 11.1. The van der Waals surface area contributed by atoms with Gasteiger partial charge in [-0.3, -0.25) is 4.99 Å². The molecule has 0 aliphatic heterocycles. The lowest BCUT2D eigenvalue weighted by Gasteiger charge is -2.36. The number of nitrogens with zero attached hydrogens (tertiary/aromatic N) is 2. The highest BCUT2D eigenvalue weighted by atomic mass is 35.5. The Kier molecular flexibility index (Phi) is 5.98. The molecule has 0 spiro atoms. The summed E-state index contributed by atoms with van der Waals surface area (Å²) < 4.78 is 0. The van der Waals surface area contributed by atoms with Crippen LogP contribution in [0.1, 0.15) is 32.1 Å². The van der Waals surface area contributed by atoms with E-state index in [2.05, 4.69) is 32.7 Å². The molecular weight excluding hydrogens is 250 g/mol. The van der Waals surface area contributed by atoms with Crippen LogP contribution in [-0.2, 0) is 0 Å². The fourth-order valence-electron chi connectivity index (χ4n) is 2.17. The topological polar surface area (TPSA) is 60.8 Å². The highest BCUT2D eigenvalue weighted by Gasteiger charge is 2.30. The molecule has 1 fully saturated rings. The van der Waals surface area contributed by atoms with E-state index in [-0.39, 0.29) is 5.54 Å². The van der Waals surface area contributed by atoms with Crippen molar-refractivity contribution in [1.82, 2.24) is 16.1 Å². The van der Waals surface area contributed by atoms with Crippen LogP contribution < -0.4 is 16.1 Å². The van der Waals surface area contributed by atoms with E-state index in [0.29, 0.717) is 11.1 Å². The second-order valence-corrected chi connectivity index (χ2v) is 4.80. The van der Waals surface area contributed by atoms with Gasteiger partial charge in [0.2, 0.25) is 0 Å². The van der Waals surface area contributed by atoms with Gasteiger partial charge in [0, 0.05) is 20.3 Å². The molecule has 0 bridgehead atoms. The van der Waals surface area contributed by atoms with Crippen molar-refractivity contribution in [2.24, 2.45) is 10.1 Å². The Balaban J connectivity index is 2.66. The Bertz CT molecular complexity index is 331. The average molecular weight is 272 g/mol. The van der Waals surface area contributed by atoms with E-state index < -0.39 is 0 Å². The van der Waals surface area contributed by atoms with Crippen LogP contribution in [0.2, 0.25) is 0 Å². The smallest absolute Gasteiger partial charge is 0.196 e. The molecule has 0 unspecified atom stereocenters. The van der Waals surface area contributed by atoms with Crippen LogP contribution in [0.15, 0.2) is 22.5 Å². The standard InChI is InChI=1S/C12H22ClN5/c1-10(17-11(13)14-2)18-12(9-16-15-3)7-5-4-6-8-12/h9,15,18H,1,4-8H2,2-3H3,(H,14,17)/b16-9-. The number of hydrazone groups is 1. The largest absolute Gasteiger partial charge is 0.362 e. The number of aliphatic imine (C=N–C) groups is 1. The minimum Gasteiger partial charge on any atom is -0.362 e. The molecule has 1 aliphatic carbocycles. The summed E-state index contributed by atoms with van der Waals surface area (Å²) in [4.78, 5) is 3.83. The number of nitrogens with one attached hydrogen (secondary N) is 3. The quantitative estimate of drug-likeness (QED) is 0.309. The Morgan fingerprint density at radius 2 is 2.00 bits per heavy atom. The maximum Gasteiger partial charge on any atom is 0.196 e. The van der Waals surface area contributed by atoms with Crippen molar-refractivity contribution in [3.8, 4) is 0 Å². The Morgan fingerprint density at radius 1 is 1.33 bits per heavy atom. The van der Waals surface area contributed by atoms with Crippen molar-refractivity contribution in [2.75, 3.05) is 14.1 Å². The van der Waals surface area contributed by atoms with Gasteiger partial charge in [-0.2, -0.15) is 5.10 Å². The molecule has 0 saturated heterocycles. The van der Waals surface area contributed by atoms with Crippen LogP contribution in [0.25, 0.3) is 0 Å². The van der Waals surface area contributed by atoms with Gasteiger partial charge in [-0.05, 0) is 24.4 Å². The summed E-state index contributed by atoms with van der Waals surface area (Å²) in [6.45, 7) is 3.92. The van der Waals surface area contributed by atoms with Crippen molar-refractivity contribution in [2.45, 2.75) is 37.6 Å². The zero-order valence-corrected chi connectivity index (χ0v) is 11.8.